The number of aryl methyl sites for hydroxylation is 1. The number of carbonyl (C=O) groups excluding carboxylic acids is 1. The van der Waals surface area contributed by atoms with E-state index in [1.54, 1.807) is 6.07 Å². The molecule has 0 spiro atoms. The molecule has 36 heavy (non-hydrogen) atoms. The van der Waals surface area contributed by atoms with E-state index >= 15 is 0 Å². The van der Waals surface area contributed by atoms with Gasteiger partial charge in [-0.15, -0.1) is 11.3 Å². The number of thiophene rings is 1. The Morgan fingerprint density at radius 1 is 1.11 bits per heavy atom. The van der Waals surface area contributed by atoms with Crippen molar-refractivity contribution < 1.29 is 9.53 Å². The third kappa shape index (κ3) is 4.65. The second-order valence-corrected chi connectivity index (χ2v) is 9.11. The van der Waals surface area contributed by atoms with Crippen molar-refractivity contribution in [2.75, 3.05) is 11.9 Å². The van der Waals surface area contributed by atoms with Gasteiger partial charge in [0.15, 0.2) is 0 Å². The summed E-state index contributed by atoms with van der Waals surface area (Å²) in [5.74, 6) is 0.776. The van der Waals surface area contributed by atoms with Gasteiger partial charge in [0.1, 0.15) is 17.3 Å². The van der Waals surface area contributed by atoms with Gasteiger partial charge in [-0.05, 0) is 41.6 Å². The molecular formula is C27H25N5O3S. The quantitative estimate of drug-likeness (QED) is 0.296. The number of H-pyrrole nitrogens is 1. The Kier molecular flexibility index (Phi) is 6.64. The number of benzene rings is 2. The highest BCUT2D eigenvalue weighted by atomic mass is 32.1. The van der Waals surface area contributed by atoms with Gasteiger partial charge in [-0.3, -0.25) is 14.6 Å². The van der Waals surface area contributed by atoms with Crippen LogP contribution in [0.1, 0.15) is 36.3 Å². The summed E-state index contributed by atoms with van der Waals surface area (Å²) in [5.41, 5.74) is 1.48. The van der Waals surface area contributed by atoms with Crippen LogP contribution in [0.15, 0.2) is 70.8 Å². The van der Waals surface area contributed by atoms with Crippen LogP contribution >= 0.6 is 11.3 Å². The first-order valence-electron chi connectivity index (χ1n) is 11.8. The van der Waals surface area contributed by atoms with Crippen molar-refractivity contribution in [3.05, 3.63) is 87.7 Å². The molecule has 5 aromatic rings. The summed E-state index contributed by atoms with van der Waals surface area (Å²) in [5, 5.41) is 11.3. The van der Waals surface area contributed by atoms with Gasteiger partial charge in [0.25, 0.3) is 11.5 Å². The third-order valence-electron chi connectivity index (χ3n) is 5.63. The number of ether oxygens (including phenoxy) is 1. The van der Waals surface area contributed by atoms with Crippen LogP contribution in [0.4, 0.5) is 5.82 Å². The van der Waals surface area contributed by atoms with E-state index in [-0.39, 0.29) is 17.4 Å². The molecule has 182 valence electrons. The van der Waals surface area contributed by atoms with Crippen molar-refractivity contribution in [1.82, 2.24) is 19.7 Å². The number of hydrogen-bond donors (Lipinski definition) is 2. The van der Waals surface area contributed by atoms with Crippen LogP contribution in [0.3, 0.4) is 0 Å². The van der Waals surface area contributed by atoms with Gasteiger partial charge in [0, 0.05) is 17.8 Å². The predicted octanol–water partition coefficient (Wildman–Crippen LogP) is 5.44. The van der Waals surface area contributed by atoms with E-state index in [2.05, 4.69) is 20.4 Å². The maximum atomic E-state index is 13.7. The number of aromatic amines is 1. The number of aromatic nitrogens is 4. The van der Waals surface area contributed by atoms with Gasteiger partial charge in [-0.25, -0.2) is 4.98 Å². The standard InChI is InChI=1S/C27H25N5O3S/c1-3-8-18-15-24(33)30-27(28-18)32-23(16-20(31-32)22-11-7-14-36-22)29-26(34)25-19-10-6-5-9-17(19)12-13-21(25)35-4-2/h5-7,9-16H,3-4,8H2,1-2H3,(H,29,34)(H,28,30,33). The van der Waals surface area contributed by atoms with E-state index in [1.807, 2.05) is 67.8 Å². The molecule has 0 saturated carbocycles. The Labute approximate surface area is 211 Å². The normalized spacial score (nSPS) is 11.1. The van der Waals surface area contributed by atoms with Crippen LogP contribution in [-0.2, 0) is 6.42 Å². The van der Waals surface area contributed by atoms with Crippen molar-refractivity contribution >= 4 is 33.8 Å². The number of nitrogens with one attached hydrogen (secondary N) is 2. The molecule has 0 aliphatic carbocycles. The van der Waals surface area contributed by atoms with E-state index in [0.717, 1.165) is 22.1 Å². The zero-order chi connectivity index (χ0) is 25.1. The van der Waals surface area contributed by atoms with Crippen LogP contribution in [0.2, 0.25) is 0 Å². The largest absolute Gasteiger partial charge is 0.493 e. The minimum atomic E-state index is -0.346. The van der Waals surface area contributed by atoms with Crippen molar-refractivity contribution in [3.8, 4) is 22.3 Å². The van der Waals surface area contributed by atoms with Crippen LogP contribution in [-0.4, -0.2) is 32.3 Å². The topological polar surface area (TPSA) is 102 Å². The van der Waals surface area contributed by atoms with Crippen LogP contribution in [0.5, 0.6) is 5.75 Å². The fourth-order valence-electron chi connectivity index (χ4n) is 4.10. The van der Waals surface area contributed by atoms with Crippen LogP contribution in [0, 0.1) is 0 Å². The Balaban J connectivity index is 1.62. The molecule has 2 N–H and O–H groups in total. The number of anilines is 1. The number of hydrogen-bond acceptors (Lipinski definition) is 6. The summed E-state index contributed by atoms with van der Waals surface area (Å²) in [6, 6.07) is 18.6. The van der Waals surface area contributed by atoms with Crippen LogP contribution < -0.4 is 15.6 Å². The Morgan fingerprint density at radius 2 is 1.97 bits per heavy atom. The lowest BCUT2D eigenvalue weighted by atomic mass is 10.0. The highest BCUT2D eigenvalue weighted by molar-refractivity contribution is 7.13. The van der Waals surface area contributed by atoms with Gasteiger partial charge in [0.05, 0.1) is 17.0 Å². The van der Waals surface area contributed by atoms with Crippen molar-refractivity contribution in [2.45, 2.75) is 26.7 Å². The van der Waals surface area contributed by atoms with Gasteiger partial charge in [0.2, 0.25) is 5.95 Å². The maximum absolute atomic E-state index is 13.7. The summed E-state index contributed by atoms with van der Waals surface area (Å²) >= 11 is 1.53. The molecule has 0 radical (unpaired) electrons. The zero-order valence-electron chi connectivity index (χ0n) is 19.9. The number of amides is 1. The molecular weight excluding hydrogens is 474 g/mol. The van der Waals surface area contributed by atoms with Crippen molar-refractivity contribution in [3.63, 3.8) is 0 Å². The van der Waals surface area contributed by atoms with Gasteiger partial charge in [-0.2, -0.15) is 9.78 Å². The van der Waals surface area contributed by atoms with E-state index < -0.39 is 0 Å². The monoisotopic (exact) mass is 499 g/mol. The van der Waals surface area contributed by atoms with Gasteiger partial charge < -0.3 is 10.1 Å². The Morgan fingerprint density at radius 3 is 2.75 bits per heavy atom. The first kappa shape index (κ1) is 23.5. The lowest BCUT2D eigenvalue weighted by Gasteiger charge is -2.14. The SMILES string of the molecule is CCCc1cc(=O)[nH]c(-n2nc(-c3cccs3)cc2NC(=O)c2c(OCC)ccc3ccccc23)n1. The summed E-state index contributed by atoms with van der Waals surface area (Å²) in [6.07, 6.45) is 1.51. The highest BCUT2D eigenvalue weighted by Gasteiger charge is 2.21. The molecule has 3 aromatic heterocycles. The van der Waals surface area contributed by atoms with E-state index in [4.69, 9.17) is 4.74 Å². The average Bonchev–Trinajstić information content (AvgIpc) is 3.54. The predicted molar refractivity (Wildman–Crippen MR) is 142 cm³/mol. The molecule has 0 unspecified atom stereocenters. The molecule has 0 saturated heterocycles. The van der Waals surface area contributed by atoms with E-state index in [1.165, 1.54) is 22.1 Å². The molecule has 0 fully saturated rings. The minimum Gasteiger partial charge on any atom is -0.493 e. The molecule has 8 nitrogen and oxygen atoms in total. The molecule has 3 heterocycles. The first-order valence-corrected chi connectivity index (χ1v) is 12.7. The average molecular weight is 500 g/mol. The number of fused-ring (bicyclic) bond motifs is 1. The van der Waals surface area contributed by atoms with Gasteiger partial charge >= 0.3 is 0 Å². The number of nitrogens with zero attached hydrogens (tertiary/aromatic N) is 3. The lowest BCUT2D eigenvalue weighted by Crippen LogP contribution is -2.20. The molecule has 0 aliphatic rings. The fraction of sp³-hybridized carbons (Fsp3) is 0.185. The summed E-state index contributed by atoms with van der Waals surface area (Å²) in [4.78, 5) is 34.4. The molecule has 9 heteroatoms. The summed E-state index contributed by atoms with van der Waals surface area (Å²) in [6.45, 7) is 4.33. The second kappa shape index (κ2) is 10.2. The molecule has 5 rings (SSSR count). The number of carbonyl (C=O) groups is 1. The van der Waals surface area contributed by atoms with Gasteiger partial charge in [-0.1, -0.05) is 49.7 Å². The van der Waals surface area contributed by atoms with Crippen molar-refractivity contribution in [2.24, 2.45) is 0 Å². The maximum Gasteiger partial charge on any atom is 0.261 e. The highest BCUT2D eigenvalue weighted by Crippen LogP contribution is 2.31. The Bertz CT molecular complexity index is 1590. The van der Waals surface area contributed by atoms with Crippen LogP contribution in [0.25, 0.3) is 27.3 Å². The summed E-state index contributed by atoms with van der Waals surface area (Å²) < 4.78 is 7.27. The minimum absolute atomic E-state index is 0.243. The van der Waals surface area contributed by atoms with E-state index in [9.17, 15) is 9.59 Å². The molecule has 0 bridgehead atoms. The molecule has 2 aromatic carbocycles. The third-order valence-corrected chi connectivity index (χ3v) is 6.52. The van der Waals surface area contributed by atoms with Crippen molar-refractivity contribution in [1.29, 1.82) is 0 Å². The fourth-order valence-corrected chi connectivity index (χ4v) is 4.78. The van der Waals surface area contributed by atoms with E-state index in [0.29, 0.717) is 41.5 Å². The smallest absolute Gasteiger partial charge is 0.261 e. The number of rotatable bonds is 8. The molecule has 0 aliphatic heterocycles. The Hall–Kier alpha value is -4.24. The second-order valence-electron chi connectivity index (χ2n) is 8.16. The lowest BCUT2D eigenvalue weighted by molar-refractivity contribution is 0.102. The summed E-state index contributed by atoms with van der Waals surface area (Å²) in [7, 11) is 0. The first-order chi connectivity index (χ1) is 17.6. The molecule has 0 atom stereocenters. The zero-order valence-corrected chi connectivity index (χ0v) is 20.8. The molecule has 1 amide bonds.